The molecule has 1 aromatic rings. The third-order valence-corrected chi connectivity index (χ3v) is 1.66. The molecule has 0 unspecified atom stereocenters. The third kappa shape index (κ3) is 3.49. The molecule has 0 spiro atoms. The second-order valence-corrected chi connectivity index (χ2v) is 2.74. The molecule has 0 aliphatic rings. The summed E-state index contributed by atoms with van der Waals surface area (Å²) in [5.41, 5.74) is 0. The number of nitrogens with one attached hydrogen (secondary N) is 1. The van der Waals surface area contributed by atoms with Gasteiger partial charge in [0.15, 0.2) is 11.6 Å². The number of anilines is 1. The van der Waals surface area contributed by atoms with Crippen LogP contribution in [0.1, 0.15) is 6.42 Å². The van der Waals surface area contributed by atoms with E-state index in [1.807, 2.05) is 0 Å². The Morgan fingerprint density at radius 2 is 2.33 bits per heavy atom. The number of nitrogens with zero attached hydrogens (tertiary/aromatic N) is 1. The first-order valence-corrected chi connectivity index (χ1v) is 4.25. The van der Waals surface area contributed by atoms with E-state index in [4.69, 9.17) is 0 Å². The fourth-order valence-electron chi connectivity index (χ4n) is 0.930. The number of ether oxygens (including phenoxy) is 1. The van der Waals surface area contributed by atoms with Gasteiger partial charge in [-0.15, -0.1) is 0 Å². The van der Waals surface area contributed by atoms with E-state index >= 15 is 0 Å². The Labute approximate surface area is 85.3 Å². The average molecular weight is 216 g/mol. The second kappa shape index (κ2) is 5.23. The molecule has 1 N–H and O–H groups in total. The van der Waals surface area contributed by atoms with E-state index in [9.17, 15) is 13.6 Å². The zero-order valence-electron chi connectivity index (χ0n) is 8.09. The van der Waals surface area contributed by atoms with Gasteiger partial charge in [-0.1, -0.05) is 0 Å². The maximum atomic E-state index is 13.0. The Morgan fingerprint density at radius 1 is 1.60 bits per heavy atom. The highest BCUT2D eigenvalue weighted by Crippen LogP contribution is 2.10. The molecule has 0 saturated carbocycles. The zero-order chi connectivity index (χ0) is 11.3. The molecule has 1 rings (SSSR count). The minimum atomic E-state index is -0.792. The number of aromatic nitrogens is 1. The van der Waals surface area contributed by atoms with Crippen molar-refractivity contribution in [2.24, 2.45) is 0 Å². The smallest absolute Gasteiger partial charge is 0.307 e. The Balaban J connectivity index is 2.47. The van der Waals surface area contributed by atoms with Crippen LogP contribution in [0.2, 0.25) is 0 Å². The minimum Gasteiger partial charge on any atom is -0.469 e. The van der Waals surface area contributed by atoms with Crippen molar-refractivity contribution in [3.63, 3.8) is 0 Å². The summed E-state index contributed by atoms with van der Waals surface area (Å²) in [6.45, 7) is 0.183. The van der Waals surface area contributed by atoms with Gasteiger partial charge in [0.2, 0.25) is 0 Å². The molecule has 0 aliphatic heterocycles. The summed E-state index contributed by atoms with van der Waals surface area (Å²) in [5, 5.41) is 2.55. The van der Waals surface area contributed by atoms with Crippen LogP contribution in [-0.2, 0) is 9.53 Å². The van der Waals surface area contributed by atoms with Gasteiger partial charge < -0.3 is 10.1 Å². The predicted molar refractivity (Wildman–Crippen MR) is 49.3 cm³/mol. The number of halogens is 2. The van der Waals surface area contributed by atoms with Crippen LogP contribution in [0.4, 0.5) is 14.6 Å². The summed E-state index contributed by atoms with van der Waals surface area (Å²) < 4.78 is 29.8. The number of pyridine rings is 1. The maximum Gasteiger partial charge on any atom is 0.307 e. The molecule has 0 amide bonds. The Morgan fingerprint density at radius 3 is 2.93 bits per heavy atom. The van der Waals surface area contributed by atoms with Gasteiger partial charge in [0.1, 0.15) is 5.82 Å². The molecule has 0 radical (unpaired) electrons. The standard InChI is InChI=1S/C9H10F2N2O2/c1-15-8(14)2-3-12-9-7(11)4-6(10)5-13-9/h4-5H,2-3H2,1H3,(H,12,13). The average Bonchev–Trinajstić information content (AvgIpc) is 2.21. The Bertz CT molecular complexity index is 358. The lowest BCUT2D eigenvalue weighted by Crippen LogP contribution is -2.11. The normalized spacial score (nSPS) is 9.80. The molecule has 0 fully saturated rings. The molecule has 0 bridgehead atoms. The molecule has 0 aliphatic carbocycles. The van der Waals surface area contributed by atoms with Crippen LogP contribution < -0.4 is 5.32 Å². The van der Waals surface area contributed by atoms with Crippen molar-refractivity contribution in [2.45, 2.75) is 6.42 Å². The summed E-state index contributed by atoms with van der Waals surface area (Å²) in [4.78, 5) is 14.2. The Hall–Kier alpha value is -1.72. The van der Waals surface area contributed by atoms with Crippen LogP contribution in [-0.4, -0.2) is 24.6 Å². The molecule has 0 atom stereocenters. The molecule has 0 saturated heterocycles. The number of carbonyl (C=O) groups is 1. The van der Waals surface area contributed by atoms with Crippen molar-refractivity contribution in [2.75, 3.05) is 19.0 Å². The molecule has 1 heterocycles. The van der Waals surface area contributed by atoms with Crippen LogP contribution in [0.25, 0.3) is 0 Å². The molecular formula is C9H10F2N2O2. The van der Waals surface area contributed by atoms with Crippen LogP contribution in [0, 0.1) is 11.6 Å². The first-order valence-electron chi connectivity index (χ1n) is 4.25. The lowest BCUT2D eigenvalue weighted by molar-refractivity contribution is -0.140. The summed E-state index contributed by atoms with van der Waals surface area (Å²) in [6, 6.07) is 0.716. The zero-order valence-corrected chi connectivity index (χ0v) is 8.09. The Kier molecular flexibility index (Phi) is 3.96. The second-order valence-electron chi connectivity index (χ2n) is 2.74. The highest BCUT2D eigenvalue weighted by molar-refractivity contribution is 5.69. The number of esters is 1. The van der Waals surface area contributed by atoms with Gasteiger partial charge in [-0.2, -0.15) is 0 Å². The topological polar surface area (TPSA) is 51.2 Å². The van der Waals surface area contributed by atoms with Gasteiger partial charge in [0, 0.05) is 12.6 Å². The summed E-state index contributed by atoms with van der Waals surface area (Å²) in [5.74, 6) is -2.03. The monoisotopic (exact) mass is 216 g/mol. The van der Waals surface area contributed by atoms with E-state index in [0.29, 0.717) is 6.07 Å². The van der Waals surface area contributed by atoms with Crippen LogP contribution >= 0.6 is 0 Å². The molecule has 15 heavy (non-hydrogen) atoms. The maximum absolute atomic E-state index is 13.0. The molecule has 4 nitrogen and oxygen atoms in total. The first-order chi connectivity index (χ1) is 7.13. The number of rotatable bonds is 4. The fourth-order valence-corrected chi connectivity index (χ4v) is 0.930. The highest BCUT2D eigenvalue weighted by Gasteiger charge is 2.05. The van der Waals surface area contributed by atoms with Gasteiger partial charge in [-0.3, -0.25) is 4.79 Å². The summed E-state index contributed by atoms with van der Waals surface area (Å²) in [6.07, 6.45) is 0.985. The van der Waals surface area contributed by atoms with E-state index in [1.54, 1.807) is 0 Å². The first kappa shape index (κ1) is 11.4. The SMILES string of the molecule is COC(=O)CCNc1ncc(F)cc1F. The molecule has 6 heteroatoms. The van der Waals surface area contributed by atoms with Gasteiger partial charge in [0.25, 0.3) is 0 Å². The van der Waals surface area contributed by atoms with Crippen molar-refractivity contribution in [1.29, 1.82) is 0 Å². The minimum absolute atomic E-state index is 0.0831. The van der Waals surface area contributed by atoms with Crippen molar-refractivity contribution >= 4 is 11.8 Å². The van der Waals surface area contributed by atoms with Crippen molar-refractivity contribution < 1.29 is 18.3 Å². The number of hydrogen-bond acceptors (Lipinski definition) is 4. The van der Waals surface area contributed by atoms with E-state index in [-0.39, 0.29) is 18.8 Å². The lowest BCUT2D eigenvalue weighted by Gasteiger charge is -2.05. The fraction of sp³-hybridized carbons (Fsp3) is 0.333. The lowest BCUT2D eigenvalue weighted by atomic mass is 10.4. The van der Waals surface area contributed by atoms with Crippen LogP contribution in [0.15, 0.2) is 12.3 Å². The van der Waals surface area contributed by atoms with Crippen molar-refractivity contribution in [3.05, 3.63) is 23.9 Å². The quantitative estimate of drug-likeness (QED) is 0.771. The van der Waals surface area contributed by atoms with Gasteiger partial charge >= 0.3 is 5.97 Å². The largest absolute Gasteiger partial charge is 0.469 e. The summed E-state index contributed by atoms with van der Waals surface area (Å²) in [7, 11) is 1.26. The number of hydrogen-bond donors (Lipinski definition) is 1. The number of carbonyl (C=O) groups excluding carboxylic acids is 1. The van der Waals surface area contributed by atoms with E-state index in [2.05, 4.69) is 15.0 Å². The van der Waals surface area contributed by atoms with Crippen LogP contribution in [0.3, 0.4) is 0 Å². The van der Waals surface area contributed by atoms with E-state index in [1.165, 1.54) is 7.11 Å². The van der Waals surface area contributed by atoms with Crippen molar-refractivity contribution in [1.82, 2.24) is 4.98 Å². The highest BCUT2D eigenvalue weighted by atomic mass is 19.1. The van der Waals surface area contributed by atoms with Crippen LogP contribution in [0.5, 0.6) is 0 Å². The van der Waals surface area contributed by atoms with Gasteiger partial charge in [-0.05, 0) is 0 Å². The molecule has 1 aromatic heterocycles. The third-order valence-electron chi connectivity index (χ3n) is 1.66. The predicted octanol–water partition coefficient (Wildman–Crippen LogP) is 1.33. The molecular weight excluding hydrogens is 206 g/mol. The number of methoxy groups -OCH3 is 1. The van der Waals surface area contributed by atoms with Crippen molar-refractivity contribution in [3.8, 4) is 0 Å². The molecule has 82 valence electrons. The van der Waals surface area contributed by atoms with Gasteiger partial charge in [0.05, 0.1) is 19.7 Å². The van der Waals surface area contributed by atoms with E-state index in [0.717, 1.165) is 6.20 Å². The summed E-state index contributed by atoms with van der Waals surface area (Å²) >= 11 is 0. The molecule has 0 aromatic carbocycles. The van der Waals surface area contributed by atoms with E-state index < -0.39 is 17.6 Å². The van der Waals surface area contributed by atoms with Gasteiger partial charge in [-0.25, -0.2) is 13.8 Å².